The predicted octanol–water partition coefficient (Wildman–Crippen LogP) is 4.32. The van der Waals surface area contributed by atoms with Gasteiger partial charge in [-0.05, 0) is 104 Å². The van der Waals surface area contributed by atoms with E-state index < -0.39 is 5.60 Å². The third-order valence-electron chi connectivity index (χ3n) is 8.96. The van der Waals surface area contributed by atoms with Crippen molar-refractivity contribution in [1.82, 2.24) is 0 Å². The van der Waals surface area contributed by atoms with Gasteiger partial charge in [-0.15, -0.1) is 0 Å². The van der Waals surface area contributed by atoms with Crippen LogP contribution in [0.2, 0.25) is 0 Å². The molecule has 3 heteroatoms. The normalized spacial score (nSPS) is 56.5. The first kappa shape index (κ1) is 17.2. The van der Waals surface area contributed by atoms with Gasteiger partial charge in [0.2, 0.25) is 0 Å². The highest BCUT2D eigenvalue weighted by molar-refractivity contribution is 6.30. The first-order chi connectivity index (χ1) is 11.3. The highest BCUT2D eigenvalue weighted by Crippen LogP contribution is 2.66. The number of halogens is 1. The molecule has 24 heavy (non-hydrogen) atoms. The second-order valence-corrected chi connectivity index (χ2v) is 9.94. The Kier molecular flexibility index (Phi) is 4.04. The van der Waals surface area contributed by atoms with E-state index in [0.29, 0.717) is 17.3 Å². The Morgan fingerprint density at radius 2 is 1.67 bits per heavy atom. The SMILES string of the molecule is C[C@]12CC[C@@](O)(C#CCl)C[C@@H]1CC[C@H]1[C@H]3CC[C@H](O)[C@]3(C)CC[C@@H]12. The molecule has 0 aliphatic heterocycles. The van der Waals surface area contributed by atoms with E-state index in [0.717, 1.165) is 37.5 Å². The van der Waals surface area contributed by atoms with E-state index in [9.17, 15) is 10.2 Å². The van der Waals surface area contributed by atoms with Crippen molar-refractivity contribution in [3.63, 3.8) is 0 Å². The van der Waals surface area contributed by atoms with Crippen LogP contribution in [0.5, 0.6) is 0 Å². The quantitative estimate of drug-likeness (QED) is 0.639. The number of hydrogen-bond acceptors (Lipinski definition) is 2. The molecular formula is C21H31ClO2. The van der Waals surface area contributed by atoms with Gasteiger partial charge in [0.05, 0.1) is 6.10 Å². The fourth-order valence-corrected chi connectivity index (χ4v) is 7.60. The van der Waals surface area contributed by atoms with Crippen molar-refractivity contribution in [3.8, 4) is 11.3 Å². The summed E-state index contributed by atoms with van der Waals surface area (Å²) in [4.78, 5) is 0. The Bertz CT molecular complexity index is 580. The monoisotopic (exact) mass is 350 g/mol. The van der Waals surface area contributed by atoms with E-state index >= 15 is 0 Å². The summed E-state index contributed by atoms with van der Waals surface area (Å²) in [5, 5.41) is 23.7. The number of rotatable bonds is 0. The van der Waals surface area contributed by atoms with E-state index in [-0.39, 0.29) is 11.5 Å². The second kappa shape index (κ2) is 5.63. The molecule has 8 atom stereocenters. The molecule has 2 N–H and O–H groups in total. The van der Waals surface area contributed by atoms with Gasteiger partial charge in [0, 0.05) is 5.38 Å². The third kappa shape index (κ3) is 2.31. The van der Waals surface area contributed by atoms with Crippen molar-refractivity contribution < 1.29 is 10.2 Å². The lowest BCUT2D eigenvalue weighted by Crippen LogP contribution is -2.56. The lowest BCUT2D eigenvalue weighted by atomic mass is 9.44. The van der Waals surface area contributed by atoms with Crippen molar-refractivity contribution in [3.05, 3.63) is 0 Å². The number of aliphatic hydroxyl groups excluding tert-OH is 1. The molecule has 134 valence electrons. The summed E-state index contributed by atoms with van der Waals surface area (Å²) in [6.45, 7) is 4.83. The van der Waals surface area contributed by atoms with E-state index in [1.807, 2.05) is 0 Å². The molecule has 0 amide bonds. The molecule has 0 unspecified atom stereocenters. The summed E-state index contributed by atoms with van der Waals surface area (Å²) in [5.74, 6) is 5.66. The molecular weight excluding hydrogens is 320 g/mol. The van der Waals surface area contributed by atoms with Crippen molar-refractivity contribution in [2.24, 2.45) is 34.5 Å². The van der Waals surface area contributed by atoms with Crippen molar-refractivity contribution >= 4 is 11.6 Å². The van der Waals surface area contributed by atoms with Crippen LogP contribution in [-0.4, -0.2) is 21.9 Å². The Hall–Kier alpha value is -0.230. The molecule has 4 fully saturated rings. The first-order valence-corrected chi connectivity index (χ1v) is 10.2. The fourth-order valence-electron chi connectivity index (χ4n) is 7.42. The summed E-state index contributed by atoms with van der Waals surface area (Å²) in [5.41, 5.74) is -0.382. The van der Waals surface area contributed by atoms with Crippen molar-refractivity contribution in [2.75, 3.05) is 0 Å². The highest BCUT2D eigenvalue weighted by atomic mass is 35.5. The van der Waals surface area contributed by atoms with E-state index in [4.69, 9.17) is 11.6 Å². The molecule has 0 heterocycles. The van der Waals surface area contributed by atoms with Crippen LogP contribution < -0.4 is 0 Å². The predicted molar refractivity (Wildman–Crippen MR) is 96.3 cm³/mol. The molecule has 0 aromatic heterocycles. The van der Waals surface area contributed by atoms with Crippen LogP contribution in [0.25, 0.3) is 0 Å². The average molecular weight is 351 g/mol. The summed E-state index contributed by atoms with van der Waals surface area (Å²) < 4.78 is 0. The van der Waals surface area contributed by atoms with Crippen molar-refractivity contribution in [2.45, 2.75) is 83.3 Å². The van der Waals surface area contributed by atoms with Gasteiger partial charge in [-0.2, -0.15) is 0 Å². The molecule has 4 aliphatic carbocycles. The van der Waals surface area contributed by atoms with Gasteiger partial charge in [-0.3, -0.25) is 0 Å². The molecule has 4 saturated carbocycles. The zero-order valence-electron chi connectivity index (χ0n) is 15.0. The summed E-state index contributed by atoms with van der Waals surface area (Å²) in [6.07, 6.45) is 9.61. The second-order valence-electron chi connectivity index (χ2n) is 9.75. The van der Waals surface area contributed by atoms with Crippen LogP contribution in [0.3, 0.4) is 0 Å². The third-order valence-corrected chi connectivity index (χ3v) is 9.05. The van der Waals surface area contributed by atoms with E-state index in [1.165, 1.54) is 32.1 Å². The maximum atomic E-state index is 10.8. The van der Waals surface area contributed by atoms with Crippen molar-refractivity contribution in [1.29, 1.82) is 0 Å². The van der Waals surface area contributed by atoms with E-state index in [2.05, 4.69) is 25.1 Å². The van der Waals surface area contributed by atoms with Gasteiger partial charge in [-0.25, -0.2) is 0 Å². The summed E-state index contributed by atoms with van der Waals surface area (Å²) in [6, 6.07) is 0. The summed E-state index contributed by atoms with van der Waals surface area (Å²) in [7, 11) is 0. The van der Waals surface area contributed by atoms with Crippen LogP contribution in [0.15, 0.2) is 0 Å². The minimum atomic E-state index is -0.870. The van der Waals surface area contributed by atoms with E-state index in [1.54, 1.807) is 0 Å². The average Bonchev–Trinajstić information content (AvgIpc) is 2.84. The van der Waals surface area contributed by atoms with Crippen LogP contribution in [0, 0.1) is 45.8 Å². The smallest absolute Gasteiger partial charge is 0.127 e. The number of aliphatic hydroxyl groups is 2. The van der Waals surface area contributed by atoms with Gasteiger partial charge in [0.1, 0.15) is 5.60 Å². The summed E-state index contributed by atoms with van der Waals surface area (Å²) >= 11 is 5.59. The molecule has 2 nitrogen and oxygen atoms in total. The molecule has 0 spiro atoms. The minimum Gasteiger partial charge on any atom is -0.393 e. The fraction of sp³-hybridized carbons (Fsp3) is 0.905. The van der Waals surface area contributed by atoms with Crippen LogP contribution >= 0.6 is 11.6 Å². The Balaban J connectivity index is 1.60. The van der Waals surface area contributed by atoms with Crippen LogP contribution in [-0.2, 0) is 0 Å². The standard InChI is InChI=1S/C21H31ClO2/c1-19-9-10-21(24,11-12-22)13-14(19)3-4-15-16-5-6-18(23)20(16,2)8-7-17(15)19/h14-18,23-24H,3-10,13H2,1-2H3/t14-,15-,16+,17-,18-,19-,20+,21+/m0/s1. The molecule has 4 aliphatic rings. The zero-order chi connectivity index (χ0) is 17.2. The van der Waals surface area contributed by atoms with Gasteiger partial charge >= 0.3 is 0 Å². The zero-order valence-corrected chi connectivity index (χ0v) is 15.8. The highest BCUT2D eigenvalue weighted by Gasteiger charge is 2.61. The van der Waals surface area contributed by atoms with Crippen LogP contribution in [0.4, 0.5) is 0 Å². The Morgan fingerprint density at radius 1 is 0.917 bits per heavy atom. The Labute approximate surface area is 151 Å². The van der Waals surface area contributed by atoms with Gasteiger partial charge in [0.15, 0.2) is 0 Å². The maximum absolute atomic E-state index is 10.8. The van der Waals surface area contributed by atoms with Gasteiger partial charge in [-0.1, -0.05) is 19.8 Å². The van der Waals surface area contributed by atoms with Crippen LogP contribution in [0.1, 0.15) is 71.6 Å². The number of hydrogen-bond donors (Lipinski definition) is 2. The Morgan fingerprint density at radius 3 is 2.42 bits per heavy atom. The van der Waals surface area contributed by atoms with Gasteiger partial charge < -0.3 is 10.2 Å². The largest absolute Gasteiger partial charge is 0.393 e. The molecule has 0 radical (unpaired) electrons. The lowest BCUT2D eigenvalue weighted by Gasteiger charge is -2.61. The molecule has 0 bridgehead atoms. The first-order valence-electron chi connectivity index (χ1n) is 9.86. The van der Waals surface area contributed by atoms with Gasteiger partial charge in [0.25, 0.3) is 0 Å². The molecule has 0 saturated heterocycles. The minimum absolute atomic E-state index is 0.0931. The molecule has 0 aromatic carbocycles. The lowest BCUT2D eigenvalue weighted by molar-refractivity contribution is -0.143. The molecule has 4 rings (SSSR count). The topological polar surface area (TPSA) is 40.5 Å². The number of fused-ring (bicyclic) bond motifs is 5. The maximum Gasteiger partial charge on any atom is 0.127 e. The molecule has 0 aromatic rings.